The van der Waals surface area contributed by atoms with Crippen molar-refractivity contribution in [2.45, 2.75) is 6.92 Å². The standard InChI is InChI=1S/C59H37Br3N4S2/c1-36-12-14-39(15-13-36)52(50(37-8-4-2-5-9-37)42-24-30-47(60)31-25-42)40-16-20-45(21-17-40)54-56-58(65-67-63-56)55(59-57(54)64-68-66-59)46-22-18-41(19-23-46)53(44-28-34-49(62)35-29-44)51(38-10-6-3-7-11-38)43-26-32-48(61)33-27-43/h2-35H,1H3/b52-50+,53-51-. The first kappa shape index (κ1) is 44.1. The van der Waals surface area contributed by atoms with Gasteiger partial charge in [0.1, 0.15) is 22.4 Å². The molecule has 4 nitrogen and oxygen atoms in total. The van der Waals surface area contributed by atoms with Gasteiger partial charge in [0.05, 0.1) is 23.1 Å². The van der Waals surface area contributed by atoms with Crippen molar-refractivity contribution in [2.75, 3.05) is 0 Å². The lowest BCUT2D eigenvalue weighted by Gasteiger charge is -2.19. The minimum Gasteiger partial charge on any atom is -0.172 e. The van der Waals surface area contributed by atoms with Gasteiger partial charge in [-0.15, -0.1) is 0 Å². The predicted molar refractivity (Wildman–Crippen MR) is 296 cm³/mol. The third-order valence-electron chi connectivity index (χ3n) is 12.2. The fraction of sp³-hybridized carbons (Fsp3) is 0.0169. The van der Waals surface area contributed by atoms with Crippen molar-refractivity contribution < 1.29 is 0 Å². The normalized spacial score (nSPS) is 12.6. The lowest BCUT2D eigenvalue weighted by Crippen LogP contribution is -1.98. The number of fused-ring (bicyclic) bond motifs is 2. The van der Waals surface area contributed by atoms with Crippen LogP contribution in [0.4, 0.5) is 11.4 Å². The van der Waals surface area contributed by atoms with Gasteiger partial charge in [-0.25, -0.2) is 0 Å². The lowest BCUT2D eigenvalue weighted by atomic mass is 9.84. The highest BCUT2D eigenvalue weighted by atomic mass is 79.9. The molecule has 11 rings (SSSR count). The Morgan fingerprint density at radius 1 is 0.338 bits per heavy atom. The van der Waals surface area contributed by atoms with Gasteiger partial charge in [-0.1, -0.05) is 223 Å². The molecule has 1 aromatic heterocycles. The van der Waals surface area contributed by atoms with E-state index in [0.29, 0.717) is 0 Å². The van der Waals surface area contributed by atoms with Crippen LogP contribution in [-0.2, 0) is 11.4 Å². The predicted octanol–water partition coefficient (Wildman–Crippen LogP) is 18.4. The van der Waals surface area contributed by atoms with Crippen molar-refractivity contribution in [3.8, 4) is 22.3 Å². The Hall–Kier alpha value is -6.46. The molecular weight excluding hydrogens is 1070 g/mol. The van der Waals surface area contributed by atoms with Gasteiger partial charge in [0.2, 0.25) is 0 Å². The van der Waals surface area contributed by atoms with Gasteiger partial charge in [0.15, 0.2) is 0 Å². The molecule has 1 aliphatic rings. The number of hydrogen-bond donors (Lipinski definition) is 0. The van der Waals surface area contributed by atoms with Crippen molar-refractivity contribution in [1.29, 1.82) is 0 Å². The van der Waals surface area contributed by atoms with Crippen molar-refractivity contribution in [3.05, 3.63) is 270 Å². The molecule has 0 bridgehead atoms. The monoisotopic (exact) mass is 1100 g/mol. The van der Waals surface area contributed by atoms with Crippen LogP contribution in [0, 0.1) is 6.92 Å². The van der Waals surface area contributed by atoms with E-state index < -0.39 is 0 Å². The summed E-state index contributed by atoms with van der Waals surface area (Å²) in [5, 5.41) is 0. The Bertz CT molecular complexity index is 3380. The Morgan fingerprint density at radius 3 is 0.941 bits per heavy atom. The molecule has 9 heteroatoms. The molecule has 0 unspecified atom stereocenters. The number of halogens is 3. The van der Waals surface area contributed by atoms with E-state index in [1.807, 2.05) is 0 Å². The van der Waals surface area contributed by atoms with Crippen LogP contribution in [0.25, 0.3) is 55.6 Å². The van der Waals surface area contributed by atoms with Gasteiger partial charge < -0.3 is 0 Å². The molecule has 0 aliphatic carbocycles. The Balaban J connectivity index is 1.04. The number of benzene rings is 9. The molecule has 1 aliphatic heterocycles. The molecule has 0 radical (unpaired) electrons. The third kappa shape index (κ3) is 8.66. The highest BCUT2D eigenvalue weighted by molar-refractivity contribution is 9.11. The quantitative estimate of drug-likeness (QED) is 0.128. The lowest BCUT2D eigenvalue weighted by molar-refractivity contribution is 1.44. The maximum absolute atomic E-state index is 4.97. The average molecular weight is 1110 g/mol. The summed E-state index contributed by atoms with van der Waals surface area (Å²) >= 11 is 13.4. The first-order valence-corrected chi connectivity index (χ1v) is 25.8. The highest BCUT2D eigenvalue weighted by Crippen LogP contribution is 2.52. The molecule has 2 heterocycles. The number of aryl methyl sites for hydroxylation is 1. The Kier molecular flexibility index (Phi) is 12.5. The number of nitrogens with zero attached hydrogens (tertiary/aromatic N) is 4. The van der Waals surface area contributed by atoms with E-state index in [2.05, 4.69) is 261 Å². The molecule has 9 aromatic carbocycles. The second-order valence-corrected chi connectivity index (χ2v) is 20.3. The maximum atomic E-state index is 4.97. The molecule has 0 fully saturated rings. The van der Waals surface area contributed by atoms with Gasteiger partial charge in [-0.2, -0.15) is 17.5 Å². The van der Waals surface area contributed by atoms with Crippen LogP contribution in [0.15, 0.2) is 228 Å². The van der Waals surface area contributed by atoms with Crippen LogP contribution in [0.5, 0.6) is 0 Å². The zero-order chi connectivity index (χ0) is 46.1. The Labute approximate surface area is 428 Å². The van der Waals surface area contributed by atoms with Gasteiger partial charge in [-0.05, 0) is 121 Å². The topological polar surface area (TPSA) is 50.5 Å². The van der Waals surface area contributed by atoms with Crippen LogP contribution >= 0.6 is 59.5 Å². The number of aromatic nitrogens is 2. The summed E-state index contributed by atoms with van der Waals surface area (Å²) in [5.41, 5.74) is 21.9. The van der Waals surface area contributed by atoms with E-state index in [4.69, 9.17) is 17.5 Å². The summed E-state index contributed by atoms with van der Waals surface area (Å²) in [4.78, 5) is 0. The molecule has 0 saturated carbocycles. The molecule has 0 atom stereocenters. The summed E-state index contributed by atoms with van der Waals surface area (Å²) in [6.45, 7) is 2.13. The molecule has 326 valence electrons. The number of rotatable bonds is 10. The van der Waals surface area contributed by atoms with E-state index in [-0.39, 0.29) is 0 Å². The largest absolute Gasteiger partial charge is 0.172 e. The molecule has 10 aromatic rings. The summed E-state index contributed by atoms with van der Waals surface area (Å²) in [6, 6.07) is 73.5. The van der Waals surface area contributed by atoms with Gasteiger partial charge in [0.25, 0.3) is 0 Å². The van der Waals surface area contributed by atoms with E-state index in [0.717, 1.165) is 125 Å². The summed E-state index contributed by atoms with van der Waals surface area (Å²) in [6.07, 6.45) is 0. The van der Waals surface area contributed by atoms with E-state index >= 15 is 0 Å². The maximum Gasteiger partial charge on any atom is 0.115 e. The smallest absolute Gasteiger partial charge is 0.115 e. The second kappa shape index (κ2) is 19.3. The van der Waals surface area contributed by atoms with Crippen LogP contribution in [0.2, 0.25) is 0 Å². The molecule has 0 N–H and O–H groups in total. The fourth-order valence-electron chi connectivity index (χ4n) is 9.01. The first-order valence-electron chi connectivity index (χ1n) is 21.9. The molecule has 0 saturated heterocycles. The highest BCUT2D eigenvalue weighted by Gasteiger charge is 2.27. The zero-order valence-corrected chi connectivity index (χ0v) is 42.8. The summed E-state index contributed by atoms with van der Waals surface area (Å²) < 4.78 is 23.0. The van der Waals surface area contributed by atoms with Crippen LogP contribution in [-0.4, -0.2) is 8.75 Å². The minimum atomic E-state index is 0.812. The van der Waals surface area contributed by atoms with Gasteiger partial charge in [-0.3, -0.25) is 0 Å². The first-order chi connectivity index (χ1) is 33.4. The number of hydrogen-bond acceptors (Lipinski definition) is 5. The molecule has 0 spiro atoms. The molecular formula is C59H37Br3N4S2. The fourth-order valence-corrected chi connectivity index (χ4v) is 10.9. The summed E-state index contributed by atoms with van der Waals surface area (Å²) in [7, 11) is 0. The van der Waals surface area contributed by atoms with E-state index in [1.54, 1.807) is 0 Å². The second-order valence-electron chi connectivity index (χ2n) is 16.4. The Morgan fingerprint density at radius 2 is 0.618 bits per heavy atom. The average Bonchev–Trinajstić information content (AvgIpc) is 4.07. The van der Waals surface area contributed by atoms with Crippen molar-refractivity contribution in [1.82, 2.24) is 8.75 Å². The SMILES string of the molecule is Cc1ccc(/C(=C(/c2ccccc2)c2ccc(Br)cc2)c2ccc(-c3c4c(c(-c5ccc(/C(=C(\c6ccccc6)c6ccc(Br)cc6)c6ccc(Br)cc6)cc5)c5nsnc35)N=S=N4)cc2)cc1. The van der Waals surface area contributed by atoms with Crippen LogP contribution in [0.1, 0.15) is 50.1 Å². The third-order valence-corrected chi connectivity index (χ3v) is 14.9. The minimum absolute atomic E-state index is 0.812. The van der Waals surface area contributed by atoms with Crippen molar-refractivity contribution >= 4 is 116 Å². The van der Waals surface area contributed by atoms with Crippen LogP contribution < -0.4 is 0 Å². The molecule has 0 amide bonds. The van der Waals surface area contributed by atoms with Crippen molar-refractivity contribution in [2.24, 2.45) is 8.73 Å². The van der Waals surface area contributed by atoms with Gasteiger partial charge >= 0.3 is 0 Å². The summed E-state index contributed by atoms with van der Waals surface area (Å²) in [5.74, 6) is 0. The van der Waals surface area contributed by atoms with Crippen molar-refractivity contribution in [3.63, 3.8) is 0 Å². The van der Waals surface area contributed by atoms with E-state index in [1.165, 1.54) is 28.6 Å². The van der Waals surface area contributed by atoms with Gasteiger partial charge in [0, 0.05) is 24.5 Å². The molecule has 68 heavy (non-hydrogen) atoms. The van der Waals surface area contributed by atoms with Crippen LogP contribution in [0.3, 0.4) is 0 Å². The zero-order valence-electron chi connectivity index (χ0n) is 36.4. The van der Waals surface area contributed by atoms with E-state index in [9.17, 15) is 0 Å².